The van der Waals surface area contributed by atoms with Crippen LogP contribution in [0.4, 0.5) is 5.69 Å². The SMILES string of the molecule is Cc1ccc(-c2cc(-c3ccc4c(c3)OCO4)c(C#N)c(N)c2C#N)cc1. The van der Waals surface area contributed by atoms with Gasteiger partial charge in [-0.05, 0) is 36.2 Å². The van der Waals surface area contributed by atoms with Gasteiger partial charge >= 0.3 is 0 Å². The summed E-state index contributed by atoms with van der Waals surface area (Å²) in [6.07, 6.45) is 0. The summed E-state index contributed by atoms with van der Waals surface area (Å²) < 4.78 is 10.8. The lowest BCUT2D eigenvalue weighted by molar-refractivity contribution is 0.174. The fourth-order valence-electron chi connectivity index (χ4n) is 3.20. The second-order valence-corrected chi connectivity index (χ2v) is 6.29. The molecule has 4 rings (SSSR count). The number of nitriles is 2. The van der Waals surface area contributed by atoms with Gasteiger partial charge in [0, 0.05) is 11.1 Å². The summed E-state index contributed by atoms with van der Waals surface area (Å²) in [6, 6.07) is 19.5. The molecule has 0 spiro atoms. The van der Waals surface area contributed by atoms with E-state index in [1.54, 1.807) is 6.07 Å². The van der Waals surface area contributed by atoms with E-state index in [1.165, 1.54) is 0 Å². The molecule has 27 heavy (non-hydrogen) atoms. The fourth-order valence-corrected chi connectivity index (χ4v) is 3.20. The largest absolute Gasteiger partial charge is 0.454 e. The minimum atomic E-state index is 0.175. The van der Waals surface area contributed by atoms with Gasteiger partial charge in [0.05, 0.1) is 16.8 Å². The molecule has 0 bridgehead atoms. The second-order valence-electron chi connectivity index (χ2n) is 6.29. The van der Waals surface area contributed by atoms with Crippen LogP contribution in [0.3, 0.4) is 0 Å². The molecule has 0 radical (unpaired) electrons. The Hall–Kier alpha value is -3.96. The van der Waals surface area contributed by atoms with Crippen LogP contribution < -0.4 is 15.2 Å². The third-order valence-electron chi connectivity index (χ3n) is 4.64. The number of ether oxygens (including phenoxy) is 2. The van der Waals surface area contributed by atoms with Crippen LogP contribution in [0.15, 0.2) is 48.5 Å². The van der Waals surface area contributed by atoms with Crippen molar-refractivity contribution in [1.82, 2.24) is 0 Å². The molecule has 5 heteroatoms. The van der Waals surface area contributed by atoms with Gasteiger partial charge in [-0.3, -0.25) is 0 Å². The molecular weight excluding hydrogens is 338 g/mol. The first kappa shape index (κ1) is 16.5. The van der Waals surface area contributed by atoms with E-state index in [1.807, 2.05) is 49.4 Å². The zero-order valence-corrected chi connectivity index (χ0v) is 14.6. The number of fused-ring (bicyclic) bond motifs is 1. The average Bonchev–Trinajstić information content (AvgIpc) is 3.15. The van der Waals surface area contributed by atoms with E-state index in [0.717, 1.165) is 16.7 Å². The Labute approximate surface area is 156 Å². The van der Waals surface area contributed by atoms with Crippen molar-refractivity contribution in [2.75, 3.05) is 12.5 Å². The summed E-state index contributed by atoms with van der Waals surface area (Å²) in [5.74, 6) is 1.29. The summed E-state index contributed by atoms with van der Waals surface area (Å²) in [7, 11) is 0. The van der Waals surface area contributed by atoms with E-state index >= 15 is 0 Å². The fraction of sp³-hybridized carbons (Fsp3) is 0.0909. The zero-order valence-electron chi connectivity index (χ0n) is 14.6. The molecule has 3 aromatic carbocycles. The highest BCUT2D eigenvalue weighted by molar-refractivity contribution is 5.89. The monoisotopic (exact) mass is 353 g/mol. The molecule has 0 aliphatic carbocycles. The Kier molecular flexibility index (Phi) is 3.91. The number of anilines is 1. The van der Waals surface area contributed by atoms with Crippen molar-refractivity contribution in [1.29, 1.82) is 10.5 Å². The summed E-state index contributed by atoms with van der Waals surface area (Å²) >= 11 is 0. The van der Waals surface area contributed by atoms with E-state index in [0.29, 0.717) is 28.2 Å². The summed E-state index contributed by atoms with van der Waals surface area (Å²) in [5, 5.41) is 19.3. The summed E-state index contributed by atoms with van der Waals surface area (Å²) in [4.78, 5) is 0. The Balaban J connectivity index is 1.98. The molecule has 5 nitrogen and oxygen atoms in total. The third-order valence-corrected chi connectivity index (χ3v) is 4.64. The van der Waals surface area contributed by atoms with Crippen LogP contribution in [0, 0.1) is 29.6 Å². The van der Waals surface area contributed by atoms with Crippen LogP contribution in [0.25, 0.3) is 22.3 Å². The Morgan fingerprint density at radius 3 is 2.07 bits per heavy atom. The maximum absolute atomic E-state index is 9.68. The molecule has 3 aromatic rings. The molecule has 0 fully saturated rings. The Bertz CT molecular complexity index is 1140. The molecular formula is C22H15N3O2. The van der Waals surface area contributed by atoms with Gasteiger partial charge in [-0.25, -0.2) is 0 Å². The molecule has 130 valence electrons. The predicted octanol–water partition coefficient (Wildman–Crippen LogP) is 4.38. The standard InChI is InChI=1S/C22H15N3O2/c1-13-2-4-14(5-3-13)16-9-17(19(11-24)22(25)18(16)10-23)15-6-7-20-21(8-15)27-12-26-20/h2-9H,12,25H2,1H3. The van der Waals surface area contributed by atoms with E-state index in [4.69, 9.17) is 15.2 Å². The first-order valence-corrected chi connectivity index (χ1v) is 8.36. The van der Waals surface area contributed by atoms with Gasteiger partial charge in [0.15, 0.2) is 11.5 Å². The predicted molar refractivity (Wildman–Crippen MR) is 102 cm³/mol. The summed E-state index contributed by atoms with van der Waals surface area (Å²) in [5.41, 5.74) is 11.1. The second kappa shape index (κ2) is 6.40. The maximum atomic E-state index is 9.68. The van der Waals surface area contributed by atoms with Crippen LogP contribution in [0.5, 0.6) is 11.5 Å². The van der Waals surface area contributed by atoms with E-state index in [-0.39, 0.29) is 18.0 Å². The highest BCUT2D eigenvalue weighted by Crippen LogP contribution is 2.41. The smallest absolute Gasteiger partial charge is 0.231 e. The van der Waals surface area contributed by atoms with Gasteiger partial charge in [-0.2, -0.15) is 10.5 Å². The zero-order chi connectivity index (χ0) is 19.0. The molecule has 2 N–H and O–H groups in total. The van der Waals surface area contributed by atoms with Crippen molar-refractivity contribution in [2.24, 2.45) is 0 Å². The van der Waals surface area contributed by atoms with Gasteiger partial charge in [-0.15, -0.1) is 0 Å². The van der Waals surface area contributed by atoms with Gasteiger partial charge < -0.3 is 15.2 Å². The molecule has 1 aliphatic heterocycles. The maximum Gasteiger partial charge on any atom is 0.231 e. The number of aryl methyl sites for hydroxylation is 1. The highest BCUT2D eigenvalue weighted by atomic mass is 16.7. The number of hydrogen-bond donors (Lipinski definition) is 1. The topological polar surface area (TPSA) is 92.1 Å². The molecule has 0 saturated heterocycles. The Morgan fingerprint density at radius 2 is 1.41 bits per heavy atom. The van der Waals surface area contributed by atoms with E-state index in [9.17, 15) is 10.5 Å². The highest BCUT2D eigenvalue weighted by Gasteiger charge is 2.20. The number of nitrogens with two attached hydrogens (primary N) is 1. The third kappa shape index (κ3) is 2.72. The van der Waals surface area contributed by atoms with Gasteiger partial charge in [0.1, 0.15) is 12.1 Å². The number of benzene rings is 3. The molecule has 1 heterocycles. The molecule has 0 aromatic heterocycles. The van der Waals surface area contributed by atoms with Crippen LogP contribution in [0.2, 0.25) is 0 Å². The van der Waals surface area contributed by atoms with Gasteiger partial charge in [0.25, 0.3) is 0 Å². The minimum absolute atomic E-state index is 0.175. The molecule has 0 saturated carbocycles. The first-order valence-electron chi connectivity index (χ1n) is 8.36. The lowest BCUT2D eigenvalue weighted by Gasteiger charge is -2.14. The van der Waals surface area contributed by atoms with Crippen molar-refractivity contribution in [3.05, 3.63) is 65.2 Å². The molecule has 0 unspecified atom stereocenters. The van der Waals surface area contributed by atoms with E-state index < -0.39 is 0 Å². The van der Waals surface area contributed by atoms with Crippen molar-refractivity contribution < 1.29 is 9.47 Å². The van der Waals surface area contributed by atoms with Crippen LogP contribution in [-0.4, -0.2) is 6.79 Å². The van der Waals surface area contributed by atoms with Gasteiger partial charge in [0.2, 0.25) is 6.79 Å². The van der Waals surface area contributed by atoms with Crippen LogP contribution in [0.1, 0.15) is 16.7 Å². The average molecular weight is 353 g/mol. The first-order chi connectivity index (χ1) is 13.1. The summed E-state index contributed by atoms with van der Waals surface area (Å²) in [6.45, 7) is 2.17. The van der Waals surface area contributed by atoms with Crippen molar-refractivity contribution >= 4 is 5.69 Å². The van der Waals surface area contributed by atoms with Crippen molar-refractivity contribution in [3.8, 4) is 45.9 Å². The molecule has 1 aliphatic rings. The number of nitrogen functional groups attached to an aromatic ring is 1. The number of nitrogens with zero attached hydrogens (tertiary/aromatic N) is 2. The molecule has 0 amide bonds. The lowest BCUT2D eigenvalue weighted by atomic mass is 9.89. The van der Waals surface area contributed by atoms with Crippen molar-refractivity contribution in [3.63, 3.8) is 0 Å². The van der Waals surface area contributed by atoms with Gasteiger partial charge in [-0.1, -0.05) is 35.9 Å². The Morgan fingerprint density at radius 1 is 0.815 bits per heavy atom. The quantitative estimate of drug-likeness (QED) is 0.690. The molecule has 0 atom stereocenters. The number of hydrogen-bond acceptors (Lipinski definition) is 5. The van der Waals surface area contributed by atoms with Crippen LogP contribution >= 0.6 is 0 Å². The number of rotatable bonds is 2. The van der Waals surface area contributed by atoms with Crippen molar-refractivity contribution in [2.45, 2.75) is 6.92 Å². The minimum Gasteiger partial charge on any atom is -0.454 e. The normalized spacial score (nSPS) is 11.7. The van der Waals surface area contributed by atoms with E-state index in [2.05, 4.69) is 12.1 Å². The lowest BCUT2D eigenvalue weighted by Crippen LogP contribution is -2.00. The van der Waals surface area contributed by atoms with Crippen LogP contribution in [-0.2, 0) is 0 Å².